The average molecular weight is 362 g/mol. The van der Waals surface area contributed by atoms with Crippen LogP contribution in [0.15, 0.2) is 18.2 Å². The van der Waals surface area contributed by atoms with Gasteiger partial charge in [-0.25, -0.2) is 9.78 Å². The van der Waals surface area contributed by atoms with Crippen molar-refractivity contribution in [3.05, 3.63) is 45.1 Å². The van der Waals surface area contributed by atoms with Crippen molar-refractivity contribution in [3.63, 3.8) is 0 Å². The van der Waals surface area contributed by atoms with Gasteiger partial charge in [0, 0.05) is 5.69 Å². The molecule has 1 N–H and O–H groups in total. The molecule has 0 saturated carbocycles. The van der Waals surface area contributed by atoms with Gasteiger partial charge in [0.25, 0.3) is 0 Å². The van der Waals surface area contributed by atoms with E-state index in [0.29, 0.717) is 15.5 Å². The first-order valence-corrected chi connectivity index (χ1v) is 8.50. The van der Waals surface area contributed by atoms with Crippen LogP contribution < -0.4 is 5.32 Å². The highest BCUT2D eigenvalue weighted by Gasteiger charge is 2.21. The zero-order valence-electron chi connectivity index (χ0n) is 13.7. The number of thiophene rings is 1. The van der Waals surface area contributed by atoms with Crippen molar-refractivity contribution in [2.24, 2.45) is 0 Å². The number of para-hydroxylation sites is 1. The number of hydrogen-bond donors (Lipinski definition) is 1. The van der Waals surface area contributed by atoms with Crippen molar-refractivity contribution in [1.82, 2.24) is 9.97 Å². The van der Waals surface area contributed by atoms with Crippen LogP contribution in [-0.2, 0) is 4.74 Å². The van der Waals surface area contributed by atoms with Crippen LogP contribution >= 0.6 is 22.9 Å². The fourth-order valence-electron chi connectivity index (χ4n) is 2.62. The minimum absolute atomic E-state index is 0.133. The van der Waals surface area contributed by atoms with Crippen LogP contribution in [0.25, 0.3) is 10.2 Å². The Labute approximate surface area is 148 Å². The van der Waals surface area contributed by atoms with Gasteiger partial charge >= 0.3 is 5.97 Å². The van der Waals surface area contributed by atoms with Crippen molar-refractivity contribution in [3.8, 4) is 0 Å². The molecule has 124 valence electrons. The third-order valence-electron chi connectivity index (χ3n) is 3.86. The first-order chi connectivity index (χ1) is 11.4. The van der Waals surface area contributed by atoms with Crippen LogP contribution in [0.3, 0.4) is 0 Å². The number of carbonyl (C=O) groups is 1. The predicted octanol–water partition coefficient (Wildman–Crippen LogP) is 4.80. The number of aryl methyl sites for hydroxylation is 3. The molecule has 0 radical (unpaired) electrons. The molecule has 0 aliphatic carbocycles. The Morgan fingerprint density at radius 1 is 1.21 bits per heavy atom. The van der Waals surface area contributed by atoms with E-state index < -0.39 is 0 Å². The topological polar surface area (TPSA) is 64.1 Å². The zero-order chi connectivity index (χ0) is 17.4. The van der Waals surface area contributed by atoms with Gasteiger partial charge in [0.2, 0.25) is 5.28 Å². The van der Waals surface area contributed by atoms with Gasteiger partial charge in [0.15, 0.2) is 0 Å². The van der Waals surface area contributed by atoms with Gasteiger partial charge in [-0.3, -0.25) is 0 Å². The Hall–Kier alpha value is -2.18. The summed E-state index contributed by atoms with van der Waals surface area (Å²) in [5.41, 5.74) is 3.95. The number of nitrogens with one attached hydrogen (secondary N) is 1. The van der Waals surface area contributed by atoms with Gasteiger partial charge in [-0.15, -0.1) is 11.3 Å². The Kier molecular flexibility index (Phi) is 4.43. The maximum absolute atomic E-state index is 12.0. The van der Waals surface area contributed by atoms with Crippen LogP contribution in [0.5, 0.6) is 0 Å². The first-order valence-electron chi connectivity index (χ1n) is 7.30. The summed E-state index contributed by atoms with van der Waals surface area (Å²) in [5, 5.41) is 4.27. The van der Waals surface area contributed by atoms with Crippen LogP contribution in [0.4, 0.5) is 11.5 Å². The molecule has 5 nitrogen and oxygen atoms in total. The Bertz CT molecular complexity index is 932. The van der Waals surface area contributed by atoms with Gasteiger partial charge in [0.05, 0.1) is 12.5 Å². The summed E-state index contributed by atoms with van der Waals surface area (Å²) in [6.07, 6.45) is 0. The van der Waals surface area contributed by atoms with E-state index >= 15 is 0 Å². The second kappa shape index (κ2) is 6.37. The highest BCUT2D eigenvalue weighted by atomic mass is 35.5. The SMILES string of the molecule is COC(=O)c1sc2nc(Cl)nc(Nc3c(C)cccc3C)c2c1C. The highest BCUT2D eigenvalue weighted by molar-refractivity contribution is 7.20. The first kappa shape index (κ1) is 16.7. The maximum atomic E-state index is 12.0. The van der Waals surface area contributed by atoms with E-state index in [1.807, 2.05) is 39.0 Å². The molecule has 0 spiro atoms. The second-order valence-electron chi connectivity index (χ2n) is 5.46. The van der Waals surface area contributed by atoms with Crippen LogP contribution in [-0.4, -0.2) is 23.0 Å². The van der Waals surface area contributed by atoms with E-state index in [9.17, 15) is 4.79 Å². The molecule has 0 bridgehead atoms. The normalized spacial score (nSPS) is 10.9. The molecule has 0 unspecified atom stereocenters. The quantitative estimate of drug-likeness (QED) is 0.536. The molecule has 0 amide bonds. The number of nitrogens with zero attached hydrogens (tertiary/aromatic N) is 2. The molecule has 3 rings (SSSR count). The second-order valence-corrected chi connectivity index (χ2v) is 6.80. The van der Waals surface area contributed by atoms with Crippen molar-refractivity contribution in [2.75, 3.05) is 12.4 Å². The number of aromatic nitrogens is 2. The van der Waals surface area contributed by atoms with E-state index in [2.05, 4.69) is 15.3 Å². The fraction of sp³-hybridized carbons (Fsp3) is 0.235. The number of methoxy groups -OCH3 is 1. The van der Waals surface area contributed by atoms with Crippen molar-refractivity contribution < 1.29 is 9.53 Å². The molecule has 0 fully saturated rings. The largest absolute Gasteiger partial charge is 0.465 e. The third kappa shape index (κ3) is 2.83. The molecule has 2 aromatic heterocycles. The number of halogens is 1. The van der Waals surface area contributed by atoms with Crippen molar-refractivity contribution in [1.29, 1.82) is 0 Å². The van der Waals surface area contributed by atoms with Crippen LogP contribution in [0.2, 0.25) is 5.28 Å². The van der Waals surface area contributed by atoms with Gasteiger partial charge in [0.1, 0.15) is 15.5 Å². The van der Waals surface area contributed by atoms with Crippen LogP contribution in [0.1, 0.15) is 26.4 Å². The van der Waals surface area contributed by atoms with Crippen LogP contribution in [0, 0.1) is 20.8 Å². The van der Waals surface area contributed by atoms with E-state index in [1.54, 1.807) is 0 Å². The average Bonchev–Trinajstić information content (AvgIpc) is 2.87. The van der Waals surface area contributed by atoms with Gasteiger partial charge < -0.3 is 10.1 Å². The zero-order valence-corrected chi connectivity index (χ0v) is 15.3. The number of fused-ring (bicyclic) bond motifs is 1. The lowest BCUT2D eigenvalue weighted by molar-refractivity contribution is 0.0605. The number of hydrogen-bond acceptors (Lipinski definition) is 6. The summed E-state index contributed by atoms with van der Waals surface area (Å²) in [7, 11) is 1.36. The summed E-state index contributed by atoms with van der Waals surface area (Å²) in [6.45, 7) is 5.91. The summed E-state index contributed by atoms with van der Waals surface area (Å²) < 4.78 is 4.84. The summed E-state index contributed by atoms with van der Waals surface area (Å²) in [5.74, 6) is 0.205. The third-order valence-corrected chi connectivity index (χ3v) is 5.19. The van der Waals surface area contributed by atoms with Gasteiger partial charge in [-0.1, -0.05) is 18.2 Å². The van der Waals surface area contributed by atoms with Crippen molar-refractivity contribution in [2.45, 2.75) is 20.8 Å². The number of carbonyl (C=O) groups excluding carboxylic acids is 1. The van der Waals surface area contributed by atoms with Crippen molar-refractivity contribution >= 4 is 50.6 Å². The molecular formula is C17H16ClN3O2S. The Balaban J connectivity index is 2.21. The maximum Gasteiger partial charge on any atom is 0.348 e. The minimum Gasteiger partial charge on any atom is -0.465 e. The Morgan fingerprint density at radius 2 is 1.88 bits per heavy atom. The minimum atomic E-state index is -0.385. The molecular weight excluding hydrogens is 346 g/mol. The molecule has 0 saturated heterocycles. The monoisotopic (exact) mass is 361 g/mol. The van der Waals surface area contributed by atoms with Gasteiger partial charge in [-0.2, -0.15) is 4.98 Å². The fourth-order valence-corrected chi connectivity index (χ4v) is 3.94. The van der Waals surface area contributed by atoms with Gasteiger partial charge in [-0.05, 0) is 49.1 Å². The lowest BCUT2D eigenvalue weighted by Gasteiger charge is -2.13. The summed E-state index contributed by atoms with van der Waals surface area (Å²) in [6, 6.07) is 6.05. The van der Waals surface area contributed by atoms with E-state index in [4.69, 9.17) is 16.3 Å². The number of rotatable bonds is 3. The molecule has 24 heavy (non-hydrogen) atoms. The molecule has 0 atom stereocenters. The molecule has 0 aliphatic heterocycles. The standard InChI is InChI=1S/C17H16ClN3O2S/c1-8-6-5-7-9(2)12(8)19-14-11-10(3)13(16(22)23-4)24-15(11)21-17(18)20-14/h5-7H,1-4H3,(H,19,20,21). The van der Waals surface area contributed by atoms with E-state index in [-0.39, 0.29) is 11.3 Å². The number of ether oxygens (including phenoxy) is 1. The molecule has 2 heterocycles. The molecule has 7 heteroatoms. The lowest BCUT2D eigenvalue weighted by Crippen LogP contribution is -2.02. The number of anilines is 2. The smallest absolute Gasteiger partial charge is 0.348 e. The molecule has 3 aromatic rings. The number of esters is 1. The highest BCUT2D eigenvalue weighted by Crippen LogP contribution is 2.37. The Morgan fingerprint density at radius 3 is 2.50 bits per heavy atom. The van der Waals surface area contributed by atoms with E-state index in [1.165, 1.54) is 18.4 Å². The summed E-state index contributed by atoms with van der Waals surface area (Å²) >= 11 is 7.33. The summed E-state index contributed by atoms with van der Waals surface area (Å²) in [4.78, 5) is 21.7. The molecule has 1 aromatic carbocycles. The number of benzene rings is 1. The predicted molar refractivity (Wildman–Crippen MR) is 97.7 cm³/mol. The molecule has 0 aliphatic rings. The lowest BCUT2D eigenvalue weighted by atomic mass is 10.1. The van der Waals surface area contributed by atoms with E-state index in [0.717, 1.165) is 27.8 Å².